The molecule has 1 aliphatic carbocycles. The molecule has 0 fully saturated rings. The molecule has 0 bridgehead atoms. The van der Waals surface area contributed by atoms with Crippen molar-refractivity contribution < 1.29 is 0 Å². The van der Waals surface area contributed by atoms with Crippen LogP contribution in [0.2, 0.25) is 0 Å². The standard InChI is InChI=1S/C10H16/c1-2-4-6-8-10-9-7-5-3-1/h1-2,7,9H,3-6,8,10H2/b2-1-,9-7+. The maximum atomic E-state index is 2.32. The van der Waals surface area contributed by atoms with Gasteiger partial charge in [-0.2, -0.15) is 0 Å². The molecule has 10 heavy (non-hydrogen) atoms. The topological polar surface area (TPSA) is 0 Å². The van der Waals surface area contributed by atoms with Crippen molar-refractivity contribution in [2.45, 2.75) is 38.5 Å². The molecule has 0 radical (unpaired) electrons. The molecule has 0 heterocycles. The van der Waals surface area contributed by atoms with Crippen LogP contribution < -0.4 is 0 Å². The Morgan fingerprint density at radius 1 is 0.500 bits per heavy atom. The van der Waals surface area contributed by atoms with E-state index in [4.69, 9.17) is 0 Å². The van der Waals surface area contributed by atoms with Gasteiger partial charge in [0.1, 0.15) is 0 Å². The summed E-state index contributed by atoms with van der Waals surface area (Å²) in [4.78, 5) is 0. The van der Waals surface area contributed by atoms with Crippen molar-refractivity contribution in [3.63, 3.8) is 0 Å². The molecule has 0 unspecified atom stereocenters. The molecule has 0 heteroatoms. The van der Waals surface area contributed by atoms with Crippen LogP contribution in [0.3, 0.4) is 0 Å². The van der Waals surface area contributed by atoms with Gasteiger partial charge in [-0.3, -0.25) is 0 Å². The molecule has 0 aliphatic heterocycles. The van der Waals surface area contributed by atoms with Gasteiger partial charge < -0.3 is 0 Å². The Bertz CT molecular complexity index is 104. The number of rotatable bonds is 0. The van der Waals surface area contributed by atoms with Crippen LogP contribution in [0.15, 0.2) is 24.3 Å². The average Bonchev–Trinajstić information content (AvgIpc) is 2.01. The monoisotopic (exact) mass is 136 g/mol. The Kier molecular flexibility index (Phi) is 4.00. The minimum Gasteiger partial charge on any atom is -0.0885 e. The van der Waals surface area contributed by atoms with E-state index in [0.29, 0.717) is 0 Å². The van der Waals surface area contributed by atoms with E-state index in [1.165, 1.54) is 38.5 Å². The van der Waals surface area contributed by atoms with E-state index < -0.39 is 0 Å². The van der Waals surface area contributed by atoms with Crippen LogP contribution in [-0.2, 0) is 0 Å². The van der Waals surface area contributed by atoms with Gasteiger partial charge in [-0.15, -0.1) is 0 Å². The minimum absolute atomic E-state index is 1.23. The second kappa shape index (κ2) is 5.28. The molecule has 0 spiro atoms. The molecular weight excluding hydrogens is 120 g/mol. The maximum Gasteiger partial charge on any atom is -0.0316 e. The minimum atomic E-state index is 1.23. The lowest BCUT2D eigenvalue weighted by Crippen LogP contribution is -1.75. The normalized spacial score (nSPS) is 27.2. The maximum absolute atomic E-state index is 2.32. The summed E-state index contributed by atoms with van der Waals surface area (Å²) >= 11 is 0. The average molecular weight is 136 g/mol. The number of hydrogen-bond donors (Lipinski definition) is 0. The van der Waals surface area contributed by atoms with Crippen LogP contribution in [0.1, 0.15) is 38.5 Å². The largest absolute Gasteiger partial charge is 0.0885 e. The fraction of sp³-hybridized carbons (Fsp3) is 0.600. The smallest absolute Gasteiger partial charge is 0.0316 e. The summed E-state index contributed by atoms with van der Waals surface area (Å²) in [6, 6.07) is 0. The van der Waals surface area contributed by atoms with E-state index in [2.05, 4.69) is 24.3 Å². The molecule has 0 aromatic carbocycles. The van der Waals surface area contributed by atoms with Gasteiger partial charge in [-0.1, -0.05) is 24.3 Å². The van der Waals surface area contributed by atoms with Crippen molar-refractivity contribution in [1.29, 1.82) is 0 Å². The van der Waals surface area contributed by atoms with Gasteiger partial charge in [0, 0.05) is 0 Å². The molecule has 0 atom stereocenters. The van der Waals surface area contributed by atoms with Crippen molar-refractivity contribution in [1.82, 2.24) is 0 Å². The van der Waals surface area contributed by atoms with Crippen LogP contribution in [0.25, 0.3) is 0 Å². The van der Waals surface area contributed by atoms with E-state index in [1.807, 2.05) is 0 Å². The van der Waals surface area contributed by atoms with Gasteiger partial charge in [-0.05, 0) is 38.5 Å². The van der Waals surface area contributed by atoms with E-state index >= 15 is 0 Å². The number of hydrogen-bond acceptors (Lipinski definition) is 0. The molecule has 0 aromatic heterocycles. The first kappa shape index (κ1) is 7.59. The Morgan fingerprint density at radius 2 is 0.900 bits per heavy atom. The summed E-state index contributed by atoms with van der Waals surface area (Å²) in [5, 5.41) is 0. The van der Waals surface area contributed by atoms with Crippen LogP contribution in [0.4, 0.5) is 0 Å². The van der Waals surface area contributed by atoms with Gasteiger partial charge in [0.05, 0.1) is 0 Å². The third kappa shape index (κ3) is 3.49. The molecule has 0 N–H and O–H groups in total. The number of allylic oxidation sites excluding steroid dienone is 4. The predicted molar refractivity (Wildman–Crippen MR) is 46.0 cm³/mol. The van der Waals surface area contributed by atoms with Gasteiger partial charge in [0.25, 0.3) is 0 Å². The van der Waals surface area contributed by atoms with Crippen molar-refractivity contribution in [3.8, 4) is 0 Å². The van der Waals surface area contributed by atoms with Crippen LogP contribution in [0.5, 0.6) is 0 Å². The Hall–Kier alpha value is -0.520. The third-order valence-corrected chi connectivity index (χ3v) is 1.82. The quantitative estimate of drug-likeness (QED) is 0.447. The Morgan fingerprint density at radius 3 is 1.40 bits per heavy atom. The van der Waals surface area contributed by atoms with Crippen molar-refractivity contribution in [3.05, 3.63) is 24.3 Å². The second-order valence-corrected chi connectivity index (χ2v) is 2.80. The van der Waals surface area contributed by atoms with Crippen LogP contribution in [0, 0.1) is 0 Å². The summed E-state index contributed by atoms with van der Waals surface area (Å²) in [5.41, 5.74) is 0. The zero-order valence-electron chi connectivity index (χ0n) is 6.55. The van der Waals surface area contributed by atoms with Gasteiger partial charge in [-0.25, -0.2) is 0 Å². The highest BCUT2D eigenvalue weighted by molar-refractivity contribution is 4.89. The molecule has 0 nitrogen and oxygen atoms in total. The summed E-state index contributed by atoms with van der Waals surface area (Å²) in [6.45, 7) is 0. The summed E-state index contributed by atoms with van der Waals surface area (Å²) in [7, 11) is 0. The molecule has 0 amide bonds. The SMILES string of the molecule is C1=C\CCCC/C=C/CC/1. The molecule has 56 valence electrons. The first-order valence-electron chi connectivity index (χ1n) is 4.30. The van der Waals surface area contributed by atoms with Gasteiger partial charge >= 0.3 is 0 Å². The van der Waals surface area contributed by atoms with Crippen molar-refractivity contribution in [2.24, 2.45) is 0 Å². The van der Waals surface area contributed by atoms with Crippen molar-refractivity contribution >= 4 is 0 Å². The van der Waals surface area contributed by atoms with Gasteiger partial charge in [0.15, 0.2) is 0 Å². The van der Waals surface area contributed by atoms with E-state index in [9.17, 15) is 0 Å². The zero-order chi connectivity index (χ0) is 7.07. The highest BCUT2D eigenvalue weighted by atomic mass is 13.9. The molecule has 1 aliphatic rings. The lowest BCUT2D eigenvalue weighted by atomic mass is 10.1. The fourth-order valence-electron chi connectivity index (χ4n) is 1.19. The lowest BCUT2D eigenvalue weighted by molar-refractivity contribution is 0.754. The molecule has 0 aromatic rings. The highest BCUT2D eigenvalue weighted by Gasteiger charge is 1.85. The second-order valence-electron chi connectivity index (χ2n) is 2.80. The zero-order valence-corrected chi connectivity index (χ0v) is 6.55. The van der Waals surface area contributed by atoms with Crippen LogP contribution in [-0.4, -0.2) is 0 Å². The Labute approximate surface area is 63.6 Å². The molecular formula is C10H16. The van der Waals surface area contributed by atoms with E-state index in [-0.39, 0.29) is 0 Å². The first-order valence-corrected chi connectivity index (χ1v) is 4.30. The highest BCUT2D eigenvalue weighted by Crippen LogP contribution is 2.05. The Balaban J connectivity index is 2.23. The van der Waals surface area contributed by atoms with Crippen LogP contribution >= 0.6 is 0 Å². The first-order chi connectivity index (χ1) is 5.00. The predicted octanol–water partition coefficient (Wildman–Crippen LogP) is 3.45. The van der Waals surface area contributed by atoms with E-state index in [1.54, 1.807) is 0 Å². The summed E-state index contributed by atoms with van der Waals surface area (Å²) < 4.78 is 0. The fourth-order valence-corrected chi connectivity index (χ4v) is 1.19. The molecule has 1 rings (SSSR count). The van der Waals surface area contributed by atoms with Gasteiger partial charge in [0.2, 0.25) is 0 Å². The molecule has 0 saturated carbocycles. The molecule has 0 saturated heterocycles. The third-order valence-electron chi connectivity index (χ3n) is 1.82. The van der Waals surface area contributed by atoms with E-state index in [0.717, 1.165) is 0 Å². The van der Waals surface area contributed by atoms with Crippen molar-refractivity contribution in [2.75, 3.05) is 0 Å². The lowest BCUT2D eigenvalue weighted by Gasteiger charge is -1.95. The summed E-state index contributed by atoms with van der Waals surface area (Å²) in [6.07, 6.45) is 17.0. The summed E-state index contributed by atoms with van der Waals surface area (Å²) in [5.74, 6) is 0.